The molecule has 0 spiro atoms. The number of halogens is 1. The lowest BCUT2D eigenvalue weighted by atomic mass is 9.97. The number of aryl methyl sites for hydroxylation is 1. The lowest BCUT2D eigenvalue weighted by Gasteiger charge is -2.37. The Kier molecular flexibility index (Phi) is 4.54. The second kappa shape index (κ2) is 6.64. The summed E-state index contributed by atoms with van der Waals surface area (Å²) in [5.74, 6) is -0.809. The molecule has 1 N–H and O–H groups in total. The maximum absolute atomic E-state index is 13.2. The highest BCUT2D eigenvalue weighted by atomic mass is 32.1. The van der Waals surface area contributed by atoms with E-state index in [1.807, 2.05) is 6.20 Å². The summed E-state index contributed by atoms with van der Waals surface area (Å²) in [6, 6.07) is 5.43. The van der Waals surface area contributed by atoms with Crippen LogP contribution in [0.3, 0.4) is 0 Å². The minimum atomic E-state index is -0.467. The van der Waals surface area contributed by atoms with Gasteiger partial charge < -0.3 is 10.1 Å². The number of carbonyl (C=O) groups is 1. The summed E-state index contributed by atoms with van der Waals surface area (Å²) >= 11 is 5.49. The summed E-state index contributed by atoms with van der Waals surface area (Å²) in [5, 5.41) is 7.72. The minimum absolute atomic E-state index is 0.345. The molecule has 25 heavy (non-hydrogen) atoms. The van der Waals surface area contributed by atoms with Gasteiger partial charge in [-0.1, -0.05) is 0 Å². The lowest BCUT2D eigenvalue weighted by Crippen LogP contribution is -2.48. The molecule has 130 valence electrons. The van der Waals surface area contributed by atoms with Crippen molar-refractivity contribution in [1.29, 1.82) is 0 Å². The standard InChI is InChI=1S/C17H17FN4O2S/c1-10-14(16(23)24-3)15(11-8-19-21(2)9-11)20-17(25)22(10)13-6-4-12(18)5-7-13/h4-9,15H,1-3H3,(H,20,25)/t15-/m1/s1. The third-order valence-corrected chi connectivity index (χ3v) is 4.33. The minimum Gasteiger partial charge on any atom is -0.466 e. The highest BCUT2D eigenvalue weighted by molar-refractivity contribution is 7.80. The third kappa shape index (κ3) is 3.12. The van der Waals surface area contributed by atoms with E-state index >= 15 is 0 Å². The van der Waals surface area contributed by atoms with Gasteiger partial charge in [0.2, 0.25) is 0 Å². The molecule has 1 aliphatic heterocycles. The van der Waals surface area contributed by atoms with E-state index in [1.165, 1.54) is 19.2 Å². The first-order chi connectivity index (χ1) is 11.9. The Bertz CT molecular complexity index is 860. The first-order valence-corrected chi connectivity index (χ1v) is 7.97. The summed E-state index contributed by atoms with van der Waals surface area (Å²) in [5.41, 5.74) is 2.50. The smallest absolute Gasteiger partial charge is 0.337 e. The fraction of sp³-hybridized carbons (Fsp3) is 0.235. The van der Waals surface area contributed by atoms with Crippen LogP contribution in [0.1, 0.15) is 18.5 Å². The average Bonchev–Trinajstić information content (AvgIpc) is 3.02. The zero-order valence-electron chi connectivity index (χ0n) is 14.0. The van der Waals surface area contributed by atoms with Crippen molar-refractivity contribution in [3.05, 3.63) is 59.3 Å². The number of rotatable bonds is 3. The van der Waals surface area contributed by atoms with Crippen molar-refractivity contribution in [2.45, 2.75) is 13.0 Å². The van der Waals surface area contributed by atoms with Crippen LogP contribution in [0.4, 0.5) is 10.1 Å². The molecular formula is C17H17FN4O2S. The van der Waals surface area contributed by atoms with Crippen LogP contribution in [-0.2, 0) is 16.6 Å². The predicted octanol–water partition coefficient (Wildman–Crippen LogP) is 2.44. The van der Waals surface area contributed by atoms with Gasteiger partial charge in [0.05, 0.1) is 24.9 Å². The number of hydrogen-bond donors (Lipinski definition) is 1. The third-order valence-electron chi connectivity index (χ3n) is 4.03. The van der Waals surface area contributed by atoms with E-state index in [2.05, 4.69) is 10.4 Å². The van der Waals surface area contributed by atoms with Gasteiger partial charge in [-0.05, 0) is 43.4 Å². The van der Waals surface area contributed by atoms with Crippen LogP contribution in [0.2, 0.25) is 0 Å². The molecule has 0 amide bonds. The quantitative estimate of drug-likeness (QED) is 0.670. The van der Waals surface area contributed by atoms with Gasteiger partial charge in [-0.25, -0.2) is 9.18 Å². The predicted molar refractivity (Wildman–Crippen MR) is 95.3 cm³/mol. The molecule has 0 fully saturated rings. The molecule has 0 aliphatic carbocycles. The number of allylic oxidation sites excluding steroid dienone is 1. The molecule has 2 aromatic rings. The lowest BCUT2D eigenvalue weighted by molar-refractivity contribution is -0.136. The summed E-state index contributed by atoms with van der Waals surface area (Å²) in [6.45, 7) is 1.78. The van der Waals surface area contributed by atoms with E-state index < -0.39 is 12.0 Å². The van der Waals surface area contributed by atoms with Gasteiger partial charge in [0.1, 0.15) is 5.82 Å². The number of benzene rings is 1. The molecule has 0 bridgehead atoms. The summed E-state index contributed by atoms with van der Waals surface area (Å²) in [4.78, 5) is 14.1. The molecule has 0 saturated carbocycles. The van der Waals surface area contributed by atoms with Gasteiger partial charge >= 0.3 is 5.97 Å². The largest absolute Gasteiger partial charge is 0.466 e. The van der Waals surface area contributed by atoms with Gasteiger partial charge in [0, 0.05) is 30.2 Å². The first-order valence-electron chi connectivity index (χ1n) is 7.56. The molecule has 6 nitrogen and oxygen atoms in total. The highest BCUT2D eigenvalue weighted by Crippen LogP contribution is 2.33. The number of methoxy groups -OCH3 is 1. The Morgan fingerprint density at radius 2 is 2.04 bits per heavy atom. The van der Waals surface area contributed by atoms with Crippen LogP contribution < -0.4 is 10.2 Å². The summed E-state index contributed by atoms with van der Waals surface area (Å²) in [7, 11) is 3.13. The number of nitrogens with zero attached hydrogens (tertiary/aromatic N) is 3. The Labute approximate surface area is 149 Å². The summed E-state index contributed by atoms with van der Waals surface area (Å²) < 4.78 is 19.8. The van der Waals surface area contributed by atoms with Crippen LogP contribution in [-0.4, -0.2) is 28.0 Å². The molecule has 3 rings (SSSR count). The highest BCUT2D eigenvalue weighted by Gasteiger charge is 2.35. The Hall–Kier alpha value is -2.74. The topological polar surface area (TPSA) is 59.4 Å². The number of esters is 1. The second-order valence-corrected chi connectivity index (χ2v) is 6.02. The van der Waals surface area contributed by atoms with Crippen LogP contribution in [0, 0.1) is 5.82 Å². The normalized spacial score (nSPS) is 17.5. The van der Waals surface area contributed by atoms with Gasteiger partial charge in [0.25, 0.3) is 0 Å². The van der Waals surface area contributed by atoms with Crippen LogP contribution in [0.5, 0.6) is 0 Å². The van der Waals surface area contributed by atoms with Gasteiger partial charge in [0.15, 0.2) is 5.11 Å². The van der Waals surface area contributed by atoms with E-state index in [4.69, 9.17) is 17.0 Å². The number of ether oxygens (including phenoxy) is 1. The summed E-state index contributed by atoms with van der Waals surface area (Å²) in [6.07, 6.45) is 3.48. The molecule has 1 atom stereocenters. The van der Waals surface area contributed by atoms with Crippen molar-refractivity contribution in [2.75, 3.05) is 12.0 Å². The monoisotopic (exact) mass is 360 g/mol. The first kappa shape index (κ1) is 17.1. The van der Waals surface area contributed by atoms with E-state index in [0.29, 0.717) is 22.1 Å². The Morgan fingerprint density at radius 1 is 1.36 bits per heavy atom. The molecule has 1 aromatic heterocycles. The van der Waals surface area contributed by atoms with Crippen molar-refractivity contribution < 1.29 is 13.9 Å². The number of aromatic nitrogens is 2. The fourth-order valence-corrected chi connectivity index (χ4v) is 3.22. The molecule has 1 aliphatic rings. The molecular weight excluding hydrogens is 343 g/mol. The van der Waals surface area contributed by atoms with E-state index in [9.17, 15) is 9.18 Å². The maximum atomic E-state index is 13.2. The number of hydrogen-bond acceptors (Lipinski definition) is 4. The molecule has 0 saturated heterocycles. The van der Waals surface area contributed by atoms with Gasteiger partial charge in [-0.2, -0.15) is 5.10 Å². The molecule has 0 radical (unpaired) electrons. The van der Waals surface area contributed by atoms with Crippen molar-refractivity contribution in [2.24, 2.45) is 7.05 Å². The van der Waals surface area contributed by atoms with Crippen LogP contribution >= 0.6 is 12.2 Å². The van der Waals surface area contributed by atoms with Crippen molar-refractivity contribution in [3.8, 4) is 0 Å². The SMILES string of the molecule is COC(=O)C1=C(C)N(c2ccc(F)cc2)C(=S)N[C@@H]1c1cnn(C)c1. The van der Waals surface area contributed by atoms with E-state index in [0.717, 1.165) is 5.56 Å². The molecule has 0 unspecified atom stereocenters. The molecule has 8 heteroatoms. The fourth-order valence-electron chi connectivity index (χ4n) is 2.86. The zero-order valence-corrected chi connectivity index (χ0v) is 14.8. The van der Waals surface area contributed by atoms with E-state index in [-0.39, 0.29) is 5.82 Å². The van der Waals surface area contributed by atoms with Crippen molar-refractivity contribution in [3.63, 3.8) is 0 Å². The number of anilines is 1. The molecule has 1 aromatic carbocycles. The zero-order chi connectivity index (χ0) is 18.1. The van der Waals surface area contributed by atoms with Gasteiger partial charge in [-0.15, -0.1) is 0 Å². The van der Waals surface area contributed by atoms with Crippen molar-refractivity contribution in [1.82, 2.24) is 15.1 Å². The van der Waals surface area contributed by atoms with Gasteiger partial charge in [-0.3, -0.25) is 9.58 Å². The number of thiocarbonyl (C=S) groups is 1. The Balaban J connectivity index is 2.12. The Morgan fingerprint density at radius 3 is 2.60 bits per heavy atom. The van der Waals surface area contributed by atoms with Crippen LogP contribution in [0.15, 0.2) is 47.9 Å². The van der Waals surface area contributed by atoms with E-state index in [1.54, 1.807) is 41.9 Å². The molecule has 2 heterocycles. The number of nitrogens with one attached hydrogen (secondary N) is 1. The van der Waals surface area contributed by atoms with Crippen molar-refractivity contribution >= 4 is 29.0 Å². The second-order valence-electron chi connectivity index (χ2n) is 5.63. The maximum Gasteiger partial charge on any atom is 0.337 e. The number of carbonyl (C=O) groups excluding carboxylic acids is 1. The van der Waals surface area contributed by atoms with Crippen LogP contribution in [0.25, 0.3) is 0 Å². The average molecular weight is 360 g/mol.